The highest BCUT2D eigenvalue weighted by atomic mass is 31.2. The van der Waals surface area contributed by atoms with Crippen LogP contribution in [0.25, 0.3) is 33.9 Å². The fraction of sp³-hybridized carbons (Fsp3) is 0. The normalized spacial score (nSPS) is 11.4. The molecule has 138 valence electrons. The quantitative estimate of drug-likeness (QED) is 0.517. The van der Waals surface area contributed by atoms with Gasteiger partial charge in [-0.15, -0.1) is 0 Å². The summed E-state index contributed by atoms with van der Waals surface area (Å²) in [6.07, 6.45) is 3.42. The maximum atomic E-state index is 11.3. The van der Waals surface area contributed by atoms with E-state index in [0.29, 0.717) is 5.69 Å². The fourth-order valence-corrected chi connectivity index (χ4v) is 3.37. The molecule has 0 radical (unpaired) electrons. The summed E-state index contributed by atoms with van der Waals surface area (Å²) >= 11 is 0. The molecule has 0 unspecified atom stereocenters. The van der Waals surface area contributed by atoms with Gasteiger partial charge in [-0.25, -0.2) is 4.98 Å². The molecule has 28 heavy (non-hydrogen) atoms. The fourth-order valence-electron chi connectivity index (χ4n) is 2.83. The molecule has 1 aromatic carbocycles. The smallest absolute Gasteiger partial charge is 0.321 e. The third-order valence-corrected chi connectivity index (χ3v) is 5.21. The van der Waals surface area contributed by atoms with E-state index in [-0.39, 0.29) is 5.30 Å². The van der Waals surface area contributed by atoms with Crippen molar-refractivity contribution in [2.45, 2.75) is 0 Å². The van der Waals surface area contributed by atoms with Gasteiger partial charge >= 0.3 is 7.60 Å². The lowest BCUT2D eigenvalue weighted by Gasteiger charge is -2.08. The van der Waals surface area contributed by atoms with Gasteiger partial charge in [0.05, 0.1) is 28.1 Å². The molecular weight excluding hydrogens is 373 g/mol. The Hall–Kier alpha value is -3.18. The molecule has 2 N–H and O–H groups in total. The van der Waals surface area contributed by atoms with Crippen molar-refractivity contribution >= 4 is 12.9 Å². The van der Waals surface area contributed by atoms with E-state index in [9.17, 15) is 14.4 Å². The summed E-state index contributed by atoms with van der Waals surface area (Å²) in [7, 11) is -4.25. The summed E-state index contributed by atoms with van der Waals surface area (Å²) in [6, 6.07) is 21.4. The lowest BCUT2D eigenvalue weighted by Crippen LogP contribution is -2.02. The lowest BCUT2D eigenvalue weighted by molar-refractivity contribution is 0.387. The number of benzene rings is 1. The van der Waals surface area contributed by atoms with Crippen LogP contribution in [0.5, 0.6) is 0 Å². The Morgan fingerprint density at radius 1 is 0.643 bits per heavy atom. The molecule has 0 spiro atoms. The second kappa shape index (κ2) is 7.44. The van der Waals surface area contributed by atoms with Gasteiger partial charge in [0.25, 0.3) is 0 Å². The van der Waals surface area contributed by atoms with E-state index >= 15 is 0 Å². The largest absolute Gasteiger partial charge is 0.356 e. The van der Waals surface area contributed by atoms with Gasteiger partial charge in [0.2, 0.25) is 0 Å². The van der Waals surface area contributed by atoms with Crippen molar-refractivity contribution in [1.29, 1.82) is 0 Å². The Balaban J connectivity index is 1.69. The van der Waals surface area contributed by atoms with Crippen LogP contribution in [0.1, 0.15) is 0 Å². The predicted octanol–water partition coefficient (Wildman–Crippen LogP) is 3.68. The number of rotatable bonds is 4. The Bertz CT molecular complexity index is 1160. The van der Waals surface area contributed by atoms with Crippen molar-refractivity contribution in [2.24, 2.45) is 0 Å². The highest BCUT2D eigenvalue weighted by Crippen LogP contribution is 2.34. The van der Waals surface area contributed by atoms with Gasteiger partial charge in [0.1, 0.15) is 0 Å². The Morgan fingerprint density at radius 2 is 1.32 bits per heavy atom. The average Bonchev–Trinajstić information content (AvgIpc) is 2.74. The molecule has 3 heterocycles. The number of hydrogen-bond acceptors (Lipinski definition) is 4. The summed E-state index contributed by atoms with van der Waals surface area (Å²) in [5, 5.41) is -0.00439. The van der Waals surface area contributed by atoms with Gasteiger partial charge in [0, 0.05) is 12.4 Å². The van der Waals surface area contributed by atoms with Crippen LogP contribution in [0.15, 0.2) is 85.2 Å². The van der Waals surface area contributed by atoms with Crippen molar-refractivity contribution in [3.05, 3.63) is 85.2 Å². The zero-order valence-electron chi connectivity index (χ0n) is 14.7. The molecule has 0 saturated heterocycles. The first-order valence-electron chi connectivity index (χ1n) is 8.52. The minimum atomic E-state index is -4.25. The van der Waals surface area contributed by atoms with E-state index in [4.69, 9.17) is 0 Å². The molecule has 0 aliphatic rings. The van der Waals surface area contributed by atoms with Crippen LogP contribution in [0, 0.1) is 0 Å². The summed E-state index contributed by atoms with van der Waals surface area (Å²) in [5.41, 5.74) is 4.69. The summed E-state index contributed by atoms with van der Waals surface area (Å²) in [6.45, 7) is 0. The highest BCUT2D eigenvalue weighted by molar-refractivity contribution is 7.60. The van der Waals surface area contributed by atoms with E-state index < -0.39 is 7.60 Å². The SMILES string of the molecule is O=P(O)(O)c1ccc(-c2ccnc(-c3cccc(-c4ccccn4)n3)c2)cc1. The van der Waals surface area contributed by atoms with Gasteiger partial charge in [-0.2, -0.15) is 0 Å². The van der Waals surface area contributed by atoms with Crippen LogP contribution in [0.2, 0.25) is 0 Å². The van der Waals surface area contributed by atoms with Gasteiger partial charge in [-0.3, -0.25) is 14.5 Å². The van der Waals surface area contributed by atoms with E-state index in [2.05, 4.69) is 15.0 Å². The van der Waals surface area contributed by atoms with Crippen molar-refractivity contribution < 1.29 is 14.4 Å². The number of pyridine rings is 3. The third kappa shape index (κ3) is 3.89. The molecule has 0 aliphatic carbocycles. The van der Waals surface area contributed by atoms with Crippen LogP contribution < -0.4 is 5.30 Å². The molecule has 4 rings (SSSR count). The van der Waals surface area contributed by atoms with Crippen LogP contribution in [0.3, 0.4) is 0 Å². The van der Waals surface area contributed by atoms with E-state index in [1.807, 2.05) is 48.5 Å². The number of aromatic nitrogens is 3. The van der Waals surface area contributed by atoms with E-state index in [1.54, 1.807) is 24.5 Å². The molecule has 7 heteroatoms. The van der Waals surface area contributed by atoms with Gasteiger partial charge < -0.3 is 9.79 Å². The molecule has 4 aromatic rings. The van der Waals surface area contributed by atoms with E-state index in [0.717, 1.165) is 28.2 Å². The number of hydrogen-bond donors (Lipinski definition) is 2. The zero-order valence-corrected chi connectivity index (χ0v) is 15.6. The molecule has 6 nitrogen and oxygen atoms in total. The van der Waals surface area contributed by atoms with Crippen LogP contribution in [0.4, 0.5) is 0 Å². The summed E-state index contributed by atoms with van der Waals surface area (Å²) in [5.74, 6) is 0. The second-order valence-corrected chi connectivity index (χ2v) is 7.75. The predicted molar refractivity (Wildman–Crippen MR) is 108 cm³/mol. The topological polar surface area (TPSA) is 96.2 Å². The molecule has 0 amide bonds. The van der Waals surface area contributed by atoms with Crippen LogP contribution >= 0.6 is 7.60 Å². The van der Waals surface area contributed by atoms with Gasteiger partial charge in [0.15, 0.2) is 0 Å². The van der Waals surface area contributed by atoms with Crippen molar-refractivity contribution in [1.82, 2.24) is 15.0 Å². The first-order valence-corrected chi connectivity index (χ1v) is 10.1. The maximum absolute atomic E-state index is 11.3. The molecule has 0 fully saturated rings. The first kappa shape index (κ1) is 18.2. The second-order valence-electron chi connectivity index (χ2n) is 6.14. The van der Waals surface area contributed by atoms with Crippen molar-refractivity contribution in [3.8, 4) is 33.9 Å². The number of nitrogens with zero attached hydrogens (tertiary/aromatic N) is 3. The average molecular weight is 389 g/mol. The lowest BCUT2D eigenvalue weighted by atomic mass is 10.1. The standard InChI is InChI=1S/C21H16N3O3P/c25-28(26,27)17-9-7-15(8-10-17)16-11-13-23-21(14-16)20-6-3-5-19(24-20)18-4-1-2-12-22-18/h1-14H,(H2,25,26,27). The highest BCUT2D eigenvalue weighted by Gasteiger charge is 2.16. The van der Waals surface area contributed by atoms with Crippen LogP contribution in [-0.2, 0) is 4.57 Å². The van der Waals surface area contributed by atoms with Gasteiger partial charge in [-0.1, -0.05) is 24.3 Å². The van der Waals surface area contributed by atoms with Crippen LogP contribution in [-0.4, -0.2) is 24.7 Å². The minimum absolute atomic E-state index is 0.00439. The molecular formula is C21H16N3O3P. The van der Waals surface area contributed by atoms with E-state index in [1.165, 1.54) is 12.1 Å². The summed E-state index contributed by atoms with van der Waals surface area (Å²) in [4.78, 5) is 31.9. The maximum Gasteiger partial charge on any atom is 0.356 e. The molecule has 0 saturated carbocycles. The third-order valence-electron chi connectivity index (χ3n) is 4.24. The molecule has 0 aliphatic heterocycles. The minimum Gasteiger partial charge on any atom is -0.321 e. The monoisotopic (exact) mass is 389 g/mol. The zero-order chi connectivity index (χ0) is 19.6. The first-order chi connectivity index (χ1) is 13.5. The Labute approximate surface area is 161 Å². The molecule has 0 bridgehead atoms. The van der Waals surface area contributed by atoms with Crippen molar-refractivity contribution in [3.63, 3.8) is 0 Å². The molecule has 0 atom stereocenters. The Morgan fingerprint density at radius 3 is 2.00 bits per heavy atom. The molecule has 3 aromatic heterocycles. The Kier molecular flexibility index (Phi) is 4.84. The van der Waals surface area contributed by atoms with Gasteiger partial charge in [-0.05, 0) is 59.7 Å². The summed E-state index contributed by atoms with van der Waals surface area (Å²) < 4.78 is 11.3. The van der Waals surface area contributed by atoms with Crippen molar-refractivity contribution in [2.75, 3.05) is 0 Å².